The maximum Gasteiger partial charge on any atom is 0.265 e. The van der Waals surface area contributed by atoms with E-state index in [9.17, 15) is 9.90 Å². The first-order valence-corrected chi connectivity index (χ1v) is 11.6. The number of carbonyl (C=O) groups excluding carboxylic acids is 1. The molecule has 4 rings (SSSR count). The van der Waals surface area contributed by atoms with Crippen molar-refractivity contribution in [1.82, 2.24) is 14.8 Å². The minimum atomic E-state index is -0.255. The van der Waals surface area contributed by atoms with E-state index in [0.29, 0.717) is 6.04 Å². The predicted molar refractivity (Wildman–Crippen MR) is 110 cm³/mol. The van der Waals surface area contributed by atoms with Crippen molar-refractivity contribution in [3.63, 3.8) is 0 Å². The van der Waals surface area contributed by atoms with Crippen LogP contribution in [0.2, 0.25) is 0 Å². The molecule has 1 spiro atoms. The Labute approximate surface area is 171 Å². The van der Waals surface area contributed by atoms with Crippen molar-refractivity contribution in [3.8, 4) is 0 Å². The number of rotatable bonds is 3. The number of hydrogen-bond donors (Lipinski definition) is 1. The summed E-state index contributed by atoms with van der Waals surface area (Å²) in [6.07, 6.45) is 5.59. The van der Waals surface area contributed by atoms with Crippen LogP contribution in [0, 0.1) is 12.3 Å². The van der Waals surface area contributed by atoms with Gasteiger partial charge >= 0.3 is 0 Å². The molecule has 4 heterocycles. The van der Waals surface area contributed by atoms with Crippen LogP contribution in [0.3, 0.4) is 0 Å². The van der Waals surface area contributed by atoms with E-state index in [0.717, 1.165) is 93.5 Å². The number of aliphatic hydroxyl groups excluding tert-OH is 1. The zero-order valence-electron chi connectivity index (χ0n) is 17.2. The molecule has 0 bridgehead atoms. The quantitative estimate of drug-likeness (QED) is 0.834. The van der Waals surface area contributed by atoms with Crippen LogP contribution in [0.15, 0.2) is 0 Å². The number of hydrogen-bond acceptors (Lipinski definition) is 6. The van der Waals surface area contributed by atoms with Crippen LogP contribution in [-0.2, 0) is 11.2 Å². The van der Waals surface area contributed by atoms with Gasteiger partial charge in [-0.25, -0.2) is 4.98 Å². The third-order valence-electron chi connectivity index (χ3n) is 6.81. The second kappa shape index (κ2) is 8.38. The van der Waals surface area contributed by atoms with Crippen LogP contribution in [-0.4, -0.2) is 77.3 Å². The highest BCUT2D eigenvalue weighted by atomic mass is 32.1. The van der Waals surface area contributed by atoms with E-state index in [1.807, 2.05) is 11.8 Å². The van der Waals surface area contributed by atoms with Gasteiger partial charge in [-0.3, -0.25) is 9.69 Å². The molecule has 0 saturated carbocycles. The molecular weight excluding hydrogens is 374 g/mol. The normalized spacial score (nSPS) is 26.7. The molecule has 3 saturated heterocycles. The molecule has 7 heteroatoms. The van der Waals surface area contributed by atoms with Crippen LogP contribution < -0.4 is 0 Å². The number of aliphatic hydroxyl groups is 1. The third-order valence-corrected chi connectivity index (χ3v) is 8.10. The van der Waals surface area contributed by atoms with Gasteiger partial charge in [-0.2, -0.15) is 0 Å². The van der Waals surface area contributed by atoms with E-state index in [1.54, 1.807) is 11.3 Å². The van der Waals surface area contributed by atoms with E-state index >= 15 is 0 Å². The highest BCUT2D eigenvalue weighted by molar-refractivity contribution is 7.13. The first-order chi connectivity index (χ1) is 13.5. The summed E-state index contributed by atoms with van der Waals surface area (Å²) in [6.45, 7) is 9.09. The number of amides is 1. The smallest absolute Gasteiger partial charge is 0.265 e. The molecule has 28 heavy (non-hydrogen) atoms. The summed E-state index contributed by atoms with van der Waals surface area (Å²) in [5.74, 6) is 0.141. The van der Waals surface area contributed by atoms with Crippen molar-refractivity contribution in [1.29, 1.82) is 0 Å². The van der Waals surface area contributed by atoms with Crippen molar-refractivity contribution < 1.29 is 14.6 Å². The van der Waals surface area contributed by atoms with Crippen molar-refractivity contribution in [2.75, 3.05) is 39.4 Å². The largest absolute Gasteiger partial charge is 0.392 e. The molecule has 3 aliphatic heterocycles. The second-order valence-electron chi connectivity index (χ2n) is 8.80. The Hall–Kier alpha value is -1.02. The van der Waals surface area contributed by atoms with E-state index in [4.69, 9.17) is 4.74 Å². The Bertz CT molecular complexity index is 693. The summed E-state index contributed by atoms with van der Waals surface area (Å²) in [5, 5.41) is 11.6. The minimum absolute atomic E-state index is 0.141. The van der Waals surface area contributed by atoms with E-state index < -0.39 is 0 Å². The van der Waals surface area contributed by atoms with Crippen LogP contribution >= 0.6 is 11.3 Å². The molecule has 1 amide bonds. The van der Waals surface area contributed by atoms with Crippen LogP contribution in [0.5, 0.6) is 0 Å². The van der Waals surface area contributed by atoms with Gasteiger partial charge in [0, 0.05) is 45.4 Å². The Morgan fingerprint density at radius 1 is 1.32 bits per heavy atom. The minimum Gasteiger partial charge on any atom is -0.392 e. The highest BCUT2D eigenvalue weighted by Crippen LogP contribution is 2.41. The van der Waals surface area contributed by atoms with E-state index in [1.165, 1.54) is 0 Å². The van der Waals surface area contributed by atoms with Crippen molar-refractivity contribution in [2.45, 2.75) is 64.5 Å². The fourth-order valence-electron chi connectivity index (χ4n) is 5.22. The average Bonchev–Trinajstić information content (AvgIpc) is 3.09. The molecule has 0 aromatic carbocycles. The molecule has 3 aliphatic rings. The maximum absolute atomic E-state index is 13.0. The highest BCUT2D eigenvalue weighted by Gasteiger charge is 2.44. The Morgan fingerprint density at radius 3 is 2.68 bits per heavy atom. The molecule has 1 atom stereocenters. The van der Waals surface area contributed by atoms with Gasteiger partial charge in [0.15, 0.2) is 0 Å². The lowest BCUT2D eigenvalue weighted by atomic mass is 9.71. The second-order valence-corrected chi connectivity index (χ2v) is 9.88. The molecule has 1 unspecified atom stereocenters. The Kier molecular flexibility index (Phi) is 6.06. The first-order valence-electron chi connectivity index (χ1n) is 10.7. The Balaban J connectivity index is 1.40. The lowest BCUT2D eigenvalue weighted by molar-refractivity contribution is -0.0694. The standard InChI is InChI=1S/C21H33N3O3S/c1-3-18-22-15(2)19(28-18)20(26)23-8-6-21(7-9-23)12-17(25)13-24(14-21)16-4-10-27-11-5-16/h16-17,25H,3-14H2,1-2H3. The fraction of sp³-hybridized carbons (Fsp3) is 0.810. The summed E-state index contributed by atoms with van der Waals surface area (Å²) >= 11 is 1.55. The van der Waals surface area contributed by atoms with Gasteiger partial charge in [0.25, 0.3) is 5.91 Å². The van der Waals surface area contributed by atoms with Crippen molar-refractivity contribution >= 4 is 17.2 Å². The van der Waals surface area contributed by atoms with Gasteiger partial charge in [-0.15, -0.1) is 11.3 Å². The first kappa shape index (κ1) is 20.3. The summed E-state index contributed by atoms with van der Waals surface area (Å²) in [6, 6.07) is 0.535. The topological polar surface area (TPSA) is 65.9 Å². The third kappa shape index (κ3) is 4.13. The number of likely N-dealkylation sites (tertiary alicyclic amines) is 2. The molecule has 0 aliphatic carbocycles. The van der Waals surface area contributed by atoms with Gasteiger partial charge in [-0.05, 0) is 50.9 Å². The van der Waals surface area contributed by atoms with Gasteiger partial charge in [0.1, 0.15) is 4.88 Å². The summed E-state index contributed by atoms with van der Waals surface area (Å²) in [5.41, 5.74) is 1.01. The number of carbonyl (C=O) groups is 1. The van der Waals surface area contributed by atoms with Crippen LogP contribution in [0.1, 0.15) is 59.4 Å². The molecule has 6 nitrogen and oxygen atoms in total. The number of β-amino-alcohol motifs (C(OH)–C–C–N with tert-alkyl or cyclic N) is 1. The molecule has 156 valence electrons. The van der Waals surface area contributed by atoms with Crippen molar-refractivity contribution in [2.24, 2.45) is 5.41 Å². The van der Waals surface area contributed by atoms with Crippen LogP contribution in [0.4, 0.5) is 0 Å². The molecule has 1 aromatic heterocycles. The Morgan fingerprint density at radius 2 is 2.04 bits per heavy atom. The maximum atomic E-state index is 13.0. The number of ether oxygens (including phenoxy) is 1. The van der Waals surface area contributed by atoms with Gasteiger partial charge < -0.3 is 14.7 Å². The average molecular weight is 408 g/mol. The summed E-state index contributed by atoms with van der Waals surface area (Å²) in [7, 11) is 0. The number of aryl methyl sites for hydroxylation is 2. The molecule has 0 radical (unpaired) electrons. The van der Waals surface area contributed by atoms with E-state index in [2.05, 4.69) is 16.8 Å². The number of piperidine rings is 2. The number of thiazole rings is 1. The lowest BCUT2D eigenvalue weighted by Crippen LogP contribution is -2.57. The zero-order chi connectivity index (χ0) is 19.7. The number of aromatic nitrogens is 1. The van der Waals surface area contributed by atoms with Gasteiger partial charge in [-0.1, -0.05) is 6.92 Å². The van der Waals surface area contributed by atoms with Crippen molar-refractivity contribution in [3.05, 3.63) is 15.6 Å². The van der Waals surface area contributed by atoms with Crippen LogP contribution in [0.25, 0.3) is 0 Å². The van der Waals surface area contributed by atoms with Gasteiger partial charge in [0.05, 0.1) is 16.8 Å². The molecule has 3 fully saturated rings. The predicted octanol–water partition coefficient (Wildman–Crippen LogP) is 2.48. The molecular formula is C21H33N3O3S. The number of nitrogens with zero attached hydrogens (tertiary/aromatic N) is 3. The lowest BCUT2D eigenvalue weighted by Gasteiger charge is -2.51. The van der Waals surface area contributed by atoms with E-state index in [-0.39, 0.29) is 17.4 Å². The fourth-order valence-corrected chi connectivity index (χ4v) is 6.19. The summed E-state index contributed by atoms with van der Waals surface area (Å²) < 4.78 is 5.52. The molecule has 1 N–H and O–H groups in total. The monoisotopic (exact) mass is 407 g/mol. The molecule has 1 aromatic rings. The summed E-state index contributed by atoms with van der Waals surface area (Å²) in [4.78, 5) is 22.9. The SMILES string of the molecule is CCc1nc(C)c(C(=O)N2CCC3(CC2)CC(O)CN(C2CCOCC2)C3)s1. The van der Waals surface area contributed by atoms with Gasteiger partial charge in [0.2, 0.25) is 0 Å². The zero-order valence-corrected chi connectivity index (χ0v) is 18.0.